The second-order valence-corrected chi connectivity index (χ2v) is 6.94. The molecule has 0 unspecified atom stereocenters. The topological polar surface area (TPSA) is 88.7 Å². The van der Waals surface area contributed by atoms with E-state index in [1.165, 1.54) is 12.1 Å². The summed E-state index contributed by atoms with van der Waals surface area (Å²) in [6, 6.07) is 11.9. The van der Waals surface area contributed by atoms with E-state index >= 15 is 0 Å². The minimum absolute atomic E-state index is 0.0748. The summed E-state index contributed by atoms with van der Waals surface area (Å²) in [6.07, 6.45) is 2.94. The Kier molecular flexibility index (Phi) is 9.40. The van der Waals surface area contributed by atoms with Gasteiger partial charge in [-0.05, 0) is 61.1 Å². The van der Waals surface area contributed by atoms with Crippen LogP contribution in [-0.2, 0) is 9.59 Å². The Bertz CT molecular complexity index is 936. The molecule has 7 nitrogen and oxygen atoms in total. The normalized spacial score (nSPS) is 10.4. The zero-order valence-electron chi connectivity index (χ0n) is 15.9. The van der Waals surface area contributed by atoms with Gasteiger partial charge < -0.3 is 9.47 Å². The van der Waals surface area contributed by atoms with Gasteiger partial charge in [0.05, 0.1) is 11.6 Å². The molecule has 0 heterocycles. The number of thiocarbonyl (C=S) groups is 1. The van der Waals surface area contributed by atoms with Gasteiger partial charge in [-0.3, -0.25) is 25.8 Å². The third-order valence-electron chi connectivity index (χ3n) is 3.42. The Hall–Kier alpha value is -2.81. The molecule has 0 spiro atoms. The number of hydrazine groups is 1. The van der Waals surface area contributed by atoms with Crippen molar-refractivity contribution in [2.24, 2.45) is 0 Å². The Balaban J connectivity index is 1.71. The molecule has 0 bridgehead atoms. The van der Waals surface area contributed by atoms with Crippen molar-refractivity contribution in [2.45, 2.75) is 6.92 Å². The first-order valence-electron chi connectivity index (χ1n) is 8.76. The zero-order valence-corrected chi connectivity index (χ0v) is 18.2. The molecule has 0 atom stereocenters. The van der Waals surface area contributed by atoms with Crippen LogP contribution in [-0.4, -0.2) is 30.1 Å². The van der Waals surface area contributed by atoms with Crippen molar-refractivity contribution in [1.29, 1.82) is 0 Å². The largest absolute Gasteiger partial charge is 0.494 e. The first-order chi connectivity index (χ1) is 14.4. The lowest BCUT2D eigenvalue weighted by Crippen LogP contribution is -2.49. The van der Waals surface area contributed by atoms with E-state index < -0.39 is 11.8 Å². The molecule has 2 rings (SSSR count). The van der Waals surface area contributed by atoms with E-state index in [2.05, 4.69) is 16.2 Å². The standard InChI is InChI=1S/C20H19Cl2N3O4S/c1-2-28-15-7-3-13(4-8-15)5-10-18(26)23-20(30)25-24-19(27)12-29-17-9-6-14(21)11-16(17)22/h3-11H,2,12H2,1H3,(H,24,27)(H2,23,25,26,30)/b10-5+. The van der Waals surface area contributed by atoms with Gasteiger partial charge in [-0.25, -0.2) is 0 Å². The Labute approximate surface area is 189 Å². The first-order valence-corrected chi connectivity index (χ1v) is 9.92. The molecule has 0 aliphatic rings. The van der Waals surface area contributed by atoms with E-state index in [0.717, 1.165) is 11.3 Å². The summed E-state index contributed by atoms with van der Waals surface area (Å²) in [5, 5.41) is 3.07. The average Bonchev–Trinajstić information content (AvgIpc) is 2.71. The number of halogens is 2. The number of nitrogens with one attached hydrogen (secondary N) is 3. The fourth-order valence-corrected chi connectivity index (χ4v) is 2.71. The van der Waals surface area contributed by atoms with Crippen molar-refractivity contribution < 1.29 is 19.1 Å². The zero-order chi connectivity index (χ0) is 21.9. The maximum atomic E-state index is 11.9. The van der Waals surface area contributed by atoms with Crippen LogP contribution in [0.3, 0.4) is 0 Å². The SMILES string of the molecule is CCOc1ccc(/C=C/C(=O)NC(=S)NNC(=O)COc2ccc(Cl)cc2Cl)cc1. The van der Waals surface area contributed by atoms with Crippen molar-refractivity contribution in [2.75, 3.05) is 13.2 Å². The monoisotopic (exact) mass is 467 g/mol. The number of benzene rings is 2. The number of ether oxygens (including phenoxy) is 2. The maximum absolute atomic E-state index is 11.9. The Morgan fingerprint density at radius 2 is 1.80 bits per heavy atom. The second-order valence-electron chi connectivity index (χ2n) is 5.69. The van der Waals surface area contributed by atoms with Crippen LogP contribution in [0.25, 0.3) is 6.08 Å². The summed E-state index contributed by atoms with van der Waals surface area (Å²) in [5.41, 5.74) is 5.53. The fraction of sp³-hybridized carbons (Fsp3) is 0.150. The molecule has 158 valence electrons. The van der Waals surface area contributed by atoms with Crippen LogP contribution in [0.4, 0.5) is 0 Å². The molecule has 3 N–H and O–H groups in total. The van der Waals surface area contributed by atoms with Gasteiger partial charge in [0.1, 0.15) is 11.5 Å². The number of carbonyl (C=O) groups excluding carboxylic acids is 2. The third-order valence-corrected chi connectivity index (χ3v) is 4.16. The number of hydrogen-bond acceptors (Lipinski definition) is 5. The highest BCUT2D eigenvalue weighted by molar-refractivity contribution is 7.80. The molecular weight excluding hydrogens is 449 g/mol. The van der Waals surface area contributed by atoms with E-state index in [1.807, 2.05) is 31.2 Å². The number of rotatable bonds is 7. The lowest BCUT2D eigenvalue weighted by atomic mass is 10.2. The Morgan fingerprint density at radius 3 is 2.47 bits per heavy atom. The van der Waals surface area contributed by atoms with Crippen molar-refractivity contribution >= 4 is 58.4 Å². The van der Waals surface area contributed by atoms with Gasteiger partial charge in [0.25, 0.3) is 5.91 Å². The van der Waals surface area contributed by atoms with Gasteiger partial charge in [-0.2, -0.15) is 0 Å². The van der Waals surface area contributed by atoms with Crippen LogP contribution < -0.4 is 25.6 Å². The maximum Gasteiger partial charge on any atom is 0.276 e. The third kappa shape index (κ3) is 8.28. The molecule has 2 amide bonds. The van der Waals surface area contributed by atoms with Crippen LogP contribution in [0.1, 0.15) is 12.5 Å². The van der Waals surface area contributed by atoms with Gasteiger partial charge in [-0.1, -0.05) is 35.3 Å². The van der Waals surface area contributed by atoms with Crippen molar-refractivity contribution in [1.82, 2.24) is 16.2 Å². The summed E-state index contributed by atoms with van der Waals surface area (Å²) < 4.78 is 10.6. The molecule has 0 radical (unpaired) electrons. The van der Waals surface area contributed by atoms with E-state index in [9.17, 15) is 9.59 Å². The fourth-order valence-electron chi connectivity index (χ4n) is 2.10. The highest BCUT2D eigenvalue weighted by Gasteiger charge is 2.07. The molecule has 2 aromatic rings. The highest BCUT2D eigenvalue weighted by Crippen LogP contribution is 2.27. The van der Waals surface area contributed by atoms with Crippen LogP contribution >= 0.6 is 35.4 Å². The quantitative estimate of drug-likeness (QED) is 0.328. The van der Waals surface area contributed by atoms with Crippen LogP contribution in [0.5, 0.6) is 11.5 Å². The first kappa shape index (κ1) is 23.5. The average molecular weight is 468 g/mol. The van der Waals surface area contributed by atoms with Crippen molar-refractivity contribution in [3.05, 3.63) is 64.1 Å². The summed E-state index contributed by atoms with van der Waals surface area (Å²) >= 11 is 16.7. The number of hydrogen-bond donors (Lipinski definition) is 3. The van der Waals surface area contributed by atoms with E-state index in [-0.39, 0.29) is 16.7 Å². The van der Waals surface area contributed by atoms with Crippen LogP contribution in [0, 0.1) is 0 Å². The molecule has 0 fully saturated rings. The van der Waals surface area contributed by atoms with Crippen LogP contribution in [0.15, 0.2) is 48.5 Å². The predicted molar refractivity (Wildman–Crippen MR) is 121 cm³/mol. The van der Waals surface area contributed by atoms with Crippen molar-refractivity contribution in [3.8, 4) is 11.5 Å². The Morgan fingerprint density at radius 1 is 1.07 bits per heavy atom. The van der Waals surface area contributed by atoms with Gasteiger partial charge in [-0.15, -0.1) is 0 Å². The minimum atomic E-state index is -0.525. The van der Waals surface area contributed by atoms with E-state index in [1.54, 1.807) is 18.2 Å². The molecule has 10 heteroatoms. The minimum Gasteiger partial charge on any atom is -0.494 e. The van der Waals surface area contributed by atoms with Crippen molar-refractivity contribution in [3.63, 3.8) is 0 Å². The number of amides is 2. The van der Waals surface area contributed by atoms with Crippen LogP contribution in [0.2, 0.25) is 10.0 Å². The molecular formula is C20H19Cl2N3O4S. The smallest absolute Gasteiger partial charge is 0.276 e. The van der Waals surface area contributed by atoms with Gasteiger partial charge in [0.2, 0.25) is 5.91 Å². The van der Waals surface area contributed by atoms with E-state index in [4.69, 9.17) is 44.9 Å². The molecule has 0 saturated heterocycles. The summed E-state index contributed by atoms with van der Waals surface area (Å²) in [4.78, 5) is 23.7. The predicted octanol–water partition coefficient (Wildman–Crippen LogP) is 3.51. The molecule has 2 aromatic carbocycles. The summed E-state index contributed by atoms with van der Waals surface area (Å²) in [7, 11) is 0. The molecule has 0 saturated carbocycles. The van der Waals surface area contributed by atoms with Gasteiger partial charge in [0, 0.05) is 11.1 Å². The lowest BCUT2D eigenvalue weighted by Gasteiger charge is -2.11. The second kappa shape index (κ2) is 12.0. The van der Waals surface area contributed by atoms with Gasteiger partial charge >= 0.3 is 0 Å². The molecule has 0 aliphatic carbocycles. The molecule has 30 heavy (non-hydrogen) atoms. The lowest BCUT2D eigenvalue weighted by molar-refractivity contribution is -0.123. The summed E-state index contributed by atoms with van der Waals surface area (Å²) in [5.74, 6) is 0.0800. The number of carbonyl (C=O) groups is 2. The molecule has 0 aromatic heterocycles. The molecule has 0 aliphatic heterocycles. The summed E-state index contributed by atoms with van der Waals surface area (Å²) in [6.45, 7) is 2.17. The highest BCUT2D eigenvalue weighted by atomic mass is 35.5. The van der Waals surface area contributed by atoms with E-state index in [0.29, 0.717) is 17.4 Å². The van der Waals surface area contributed by atoms with Gasteiger partial charge in [0.15, 0.2) is 11.7 Å².